The molecular weight excluding hydrogens is 256 g/mol. The number of likely N-dealkylation sites (tertiary alicyclic amines) is 1. The zero-order valence-corrected chi connectivity index (χ0v) is 12.0. The highest BCUT2D eigenvalue weighted by molar-refractivity contribution is 5.92. The number of benzene rings is 1. The molecule has 1 N–H and O–H groups in total. The van der Waals surface area contributed by atoms with Crippen LogP contribution in [-0.4, -0.2) is 42.1 Å². The van der Waals surface area contributed by atoms with E-state index in [1.54, 1.807) is 23.8 Å². The van der Waals surface area contributed by atoms with Crippen molar-refractivity contribution < 1.29 is 14.7 Å². The van der Waals surface area contributed by atoms with Crippen LogP contribution in [0.2, 0.25) is 0 Å². The zero-order valence-electron chi connectivity index (χ0n) is 12.0. The van der Waals surface area contributed by atoms with Crippen LogP contribution in [0, 0.1) is 18.8 Å². The first kappa shape index (κ1) is 14.4. The predicted molar refractivity (Wildman–Crippen MR) is 76.8 cm³/mol. The quantitative estimate of drug-likeness (QED) is 0.920. The predicted octanol–water partition coefficient (Wildman–Crippen LogP) is 2.20. The summed E-state index contributed by atoms with van der Waals surface area (Å²) in [5.41, 5.74) is 1.92. The third-order valence-electron chi connectivity index (χ3n) is 4.04. The minimum absolute atomic E-state index is 0.0571. The number of aliphatic carboxylic acids is 1. The summed E-state index contributed by atoms with van der Waals surface area (Å²) in [5, 5.41) is 8.95. The number of urea groups is 1. The monoisotopic (exact) mass is 276 g/mol. The number of carbonyl (C=O) groups is 2. The van der Waals surface area contributed by atoms with Gasteiger partial charge in [-0.1, -0.05) is 25.1 Å². The Bertz CT molecular complexity index is 524. The molecule has 1 aromatic rings. The van der Waals surface area contributed by atoms with Gasteiger partial charge in [0.05, 0.1) is 5.92 Å². The molecule has 108 valence electrons. The summed E-state index contributed by atoms with van der Waals surface area (Å²) in [6.07, 6.45) is 0. The molecule has 0 radical (unpaired) electrons. The Kier molecular flexibility index (Phi) is 3.97. The molecule has 0 saturated carbocycles. The normalized spacial score (nSPS) is 16.4. The van der Waals surface area contributed by atoms with E-state index in [0.29, 0.717) is 13.1 Å². The highest BCUT2D eigenvalue weighted by atomic mass is 16.4. The van der Waals surface area contributed by atoms with Crippen molar-refractivity contribution in [3.05, 3.63) is 29.8 Å². The van der Waals surface area contributed by atoms with Crippen LogP contribution in [0.4, 0.5) is 10.5 Å². The lowest BCUT2D eigenvalue weighted by molar-refractivity contribution is -0.144. The molecule has 2 amide bonds. The van der Waals surface area contributed by atoms with Crippen molar-refractivity contribution >= 4 is 17.7 Å². The molecule has 5 nitrogen and oxygen atoms in total. The van der Waals surface area contributed by atoms with Gasteiger partial charge in [0.1, 0.15) is 0 Å². The second kappa shape index (κ2) is 5.53. The number of carbonyl (C=O) groups excluding carboxylic acids is 1. The summed E-state index contributed by atoms with van der Waals surface area (Å²) in [4.78, 5) is 26.5. The van der Waals surface area contributed by atoms with Crippen molar-refractivity contribution in [3.63, 3.8) is 0 Å². The van der Waals surface area contributed by atoms with Gasteiger partial charge in [0, 0.05) is 31.7 Å². The van der Waals surface area contributed by atoms with E-state index in [1.807, 2.05) is 31.2 Å². The SMILES string of the molecule is Cc1ccccc1N(C)C(=O)N1CC(C(C)C(=O)O)C1. The van der Waals surface area contributed by atoms with E-state index in [2.05, 4.69) is 0 Å². The minimum atomic E-state index is -0.797. The highest BCUT2D eigenvalue weighted by Crippen LogP contribution is 2.27. The smallest absolute Gasteiger partial charge is 0.324 e. The summed E-state index contributed by atoms with van der Waals surface area (Å²) < 4.78 is 0. The second-order valence-corrected chi connectivity index (χ2v) is 5.42. The lowest BCUT2D eigenvalue weighted by Gasteiger charge is -2.42. The number of hydrogen-bond donors (Lipinski definition) is 1. The number of aryl methyl sites for hydroxylation is 1. The van der Waals surface area contributed by atoms with Crippen LogP contribution in [0.25, 0.3) is 0 Å². The maximum atomic E-state index is 12.3. The van der Waals surface area contributed by atoms with Gasteiger partial charge in [-0.3, -0.25) is 9.69 Å². The fourth-order valence-corrected chi connectivity index (χ4v) is 2.44. The van der Waals surface area contributed by atoms with E-state index in [-0.39, 0.29) is 11.9 Å². The molecular formula is C15H20N2O3. The largest absolute Gasteiger partial charge is 0.481 e. The van der Waals surface area contributed by atoms with Gasteiger partial charge in [0.2, 0.25) is 0 Å². The van der Waals surface area contributed by atoms with Gasteiger partial charge in [-0.25, -0.2) is 4.79 Å². The molecule has 0 aliphatic carbocycles. The molecule has 1 aliphatic rings. The number of anilines is 1. The molecule has 0 bridgehead atoms. The molecule has 1 aromatic carbocycles. The summed E-state index contributed by atoms with van der Waals surface area (Å²) >= 11 is 0. The average molecular weight is 276 g/mol. The van der Waals surface area contributed by atoms with Crippen LogP contribution in [0.5, 0.6) is 0 Å². The molecule has 2 rings (SSSR count). The van der Waals surface area contributed by atoms with Crippen LogP contribution in [-0.2, 0) is 4.79 Å². The first-order valence-corrected chi connectivity index (χ1v) is 6.73. The molecule has 1 heterocycles. The first-order chi connectivity index (χ1) is 9.41. The van der Waals surface area contributed by atoms with Crippen molar-refractivity contribution in [2.24, 2.45) is 11.8 Å². The lowest BCUT2D eigenvalue weighted by Crippen LogP contribution is -2.56. The van der Waals surface area contributed by atoms with Crippen molar-refractivity contribution in [1.82, 2.24) is 4.90 Å². The Balaban J connectivity index is 1.97. The van der Waals surface area contributed by atoms with Crippen LogP contribution in [0.3, 0.4) is 0 Å². The minimum Gasteiger partial charge on any atom is -0.481 e. The summed E-state index contributed by atoms with van der Waals surface area (Å²) in [5.74, 6) is -1.14. The highest BCUT2D eigenvalue weighted by Gasteiger charge is 2.38. The Morgan fingerprint density at radius 2 is 1.95 bits per heavy atom. The number of carboxylic acids is 1. The van der Waals surface area contributed by atoms with Gasteiger partial charge in [0.15, 0.2) is 0 Å². The molecule has 5 heteroatoms. The number of para-hydroxylation sites is 1. The van der Waals surface area contributed by atoms with E-state index in [9.17, 15) is 9.59 Å². The van der Waals surface area contributed by atoms with Crippen molar-refractivity contribution in [2.45, 2.75) is 13.8 Å². The lowest BCUT2D eigenvalue weighted by atomic mass is 9.87. The van der Waals surface area contributed by atoms with Crippen molar-refractivity contribution in [3.8, 4) is 0 Å². The molecule has 20 heavy (non-hydrogen) atoms. The van der Waals surface area contributed by atoms with E-state index in [4.69, 9.17) is 5.11 Å². The van der Waals surface area contributed by atoms with Crippen LogP contribution >= 0.6 is 0 Å². The van der Waals surface area contributed by atoms with E-state index < -0.39 is 11.9 Å². The Hall–Kier alpha value is -2.04. The third kappa shape index (κ3) is 2.61. The van der Waals surface area contributed by atoms with E-state index in [1.165, 1.54) is 0 Å². The first-order valence-electron chi connectivity index (χ1n) is 6.73. The standard InChI is InChI=1S/C15H20N2O3/c1-10-6-4-5-7-13(10)16(3)15(20)17-8-12(9-17)11(2)14(18)19/h4-7,11-12H,8-9H2,1-3H3,(H,18,19). The van der Waals surface area contributed by atoms with Gasteiger partial charge >= 0.3 is 12.0 Å². The summed E-state index contributed by atoms with van der Waals surface area (Å²) in [7, 11) is 1.75. The third-order valence-corrected chi connectivity index (χ3v) is 4.04. The van der Waals surface area contributed by atoms with Gasteiger partial charge in [0.25, 0.3) is 0 Å². The molecule has 1 aliphatic heterocycles. The van der Waals surface area contributed by atoms with Gasteiger partial charge < -0.3 is 10.0 Å². The Labute approximate surface area is 118 Å². The average Bonchev–Trinajstić information content (AvgIpc) is 2.36. The number of carboxylic acid groups (broad SMARTS) is 1. The molecule has 0 aromatic heterocycles. The maximum absolute atomic E-state index is 12.3. The van der Waals surface area contributed by atoms with Gasteiger partial charge in [-0.15, -0.1) is 0 Å². The number of amides is 2. The van der Waals surface area contributed by atoms with Gasteiger partial charge in [-0.2, -0.15) is 0 Å². The molecule has 1 atom stereocenters. The zero-order chi connectivity index (χ0) is 14.9. The second-order valence-electron chi connectivity index (χ2n) is 5.42. The number of nitrogens with zero attached hydrogens (tertiary/aromatic N) is 2. The Morgan fingerprint density at radius 3 is 2.50 bits per heavy atom. The molecule has 1 fully saturated rings. The van der Waals surface area contributed by atoms with Crippen LogP contribution in [0.1, 0.15) is 12.5 Å². The molecule has 1 unspecified atom stereocenters. The van der Waals surface area contributed by atoms with Crippen molar-refractivity contribution in [1.29, 1.82) is 0 Å². The molecule has 0 spiro atoms. The molecule has 1 saturated heterocycles. The van der Waals surface area contributed by atoms with Gasteiger partial charge in [-0.05, 0) is 18.6 Å². The van der Waals surface area contributed by atoms with Crippen LogP contribution in [0.15, 0.2) is 24.3 Å². The topological polar surface area (TPSA) is 60.9 Å². The van der Waals surface area contributed by atoms with E-state index in [0.717, 1.165) is 11.3 Å². The number of hydrogen-bond acceptors (Lipinski definition) is 2. The van der Waals surface area contributed by atoms with Crippen LogP contribution < -0.4 is 4.90 Å². The summed E-state index contributed by atoms with van der Waals surface area (Å²) in [6, 6.07) is 7.63. The fraction of sp³-hybridized carbons (Fsp3) is 0.467. The summed E-state index contributed by atoms with van der Waals surface area (Å²) in [6.45, 7) is 4.69. The number of rotatable bonds is 3. The maximum Gasteiger partial charge on any atom is 0.324 e. The van der Waals surface area contributed by atoms with E-state index >= 15 is 0 Å². The van der Waals surface area contributed by atoms with Crippen molar-refractivity contribution in [2.75, 3.05) is 25.0 Å². The fourth-order valence-electron chi connectivity index (χ4n) is 2.44. The Morgan fingerprint density at radius 1 is 1.35 bits per heavy atom.